The van der Waals surface area contributed by atoms with Crippen molar-refractivity contribution >= 4 is 16.7 Å². The van der Waals surface area contributed by atoms with Crippen LogP contribution in [-0.4, -0.2) is 49.5 Å². The van der Waals surface area contributed by atoms with Gasteiger partial charge in [0, 0.05) is 36.7 Å². The van der Waals surface area contributed by atoms with Crippen molar-refractivity contribution in [3.8, 4) is 11.5 Å². The number of aryl methyl sites for hydroxylation is 1. The van der Waals surface area contributed by atoms with Gasteiger partial charge in [-0.3, -0.25) is 0 Å². The van der Waals surface area contributed by atoms with Gasteiger partial charge in [0.25, 0.3) is 0 Å². The van der Waals surface area contributed by atoms with Crippen molar-refractivity contribution in [2.75, 3.05) is 38.7 Å². The lowest BCUT2D eigenvalue weighted by molar-refractivity contribution is -0.140. The van der Waals surface area contributed by atoms with Gasteiger partial charge in [-0.2, -0.15) is 13.2 Å². The first kappa shape index (κ1) is 24.9. The van der Waals surface area contributed by atoms with Gasteiger partial charge < -0.3 is 24.8 Å². The largest absolute Gasteiger partial charge is 0.493 e. The van der Waals surface area contributed by atoms with Gasteiger partial charge in [-0.1, -0.05) is 0 Å². The van der Waals surface area contributed by atoms with Gasteiger partial charge in [0.15, 0.2) is 11.5 Å². The number of anilines is 1. The maximum atomic E-state index is 14.5. The van der Waals surface area contributed by atoms with Crippen LogP contribution < -0.4 is 20.1 Å². The maximum Gasteiger partial charge on any atom is 0.419 e. The molecule has 3 aromatic rings. The molecule has 0 spiro atoms. The zero-order chi connectivity index (χ0) is 25.2. The molecule has 2 N–H and O–H groups in total. The molecule has 2 aromatic carbocycles. The molecule has 1 aliphatic rings. The Morgan fingerprint density at radius 3 is 2.63 bits per heavy atom. The topological polar surface area (TPSA) is 77.5 Å². The van der Waals surface area contributed by atoms with Crippen molar-refractivity contribution in [3.05, 3.63) is 52.9 Å². The number of ether oxygens (including phenoxy) is 3. The van der Waals surface area contributed by atoms with Crippen LogP contribution in [0, 0.1) is 18.6 Å². The predicted molar refractivity (Wildman–Crippen MR) is 118 cm³/mol. The van der Waals surface area contributed by atoms with E-state index < -0.39 is 35.5 Å². The molecular weight excluding hydrogens is 475 g/mol. The Kier molecular flexibility index (Phi) is 7.22. The fraction of sp³-hybridized carbons (Fsp3) is 0.391. The molecule has 0 bridgehead atoms. The minimum atomic E-state index is -5.03. The van der Waals surface area contributed by atoms with Crippen LogP contribution in [0.25, 0.3) is 10.9 Å². The second kappa shape index (κ2) is 10.2. The first-order valence-corrected chi connectivity index (χ1v) is 10.8. The van der Waals surface area contributed by atoms with Gasteiger partial charge in [0.1, 0.15) is 36.0 Å². The molecule has 4 rings (SSSR count). The predicted octanol–water partition coefficient (Wildman–Crippen LogP) is 4.22. The van der Waals surface area contributed by atoms with E-state index in [-0.39, 0.29) is 24.6 Å². The number of aromatic nitrogens is 2. The lowest BCUT2D eigenvalue weighted by Gasteiger charge is -2.24. The van der Waals surface area contributed by atoms with E-state index >= 15 is 0 Å². The van der Waals surface area contributed by atoms with E-state index in [0.29, 0.717) is 47.4 Å². The van der Waals surface area contributed by atoms with Crippen molar-refractivity contribution in [1.82, 2.24) is 15.3 Å². The standard InChI is InChI=1S/C23H23F5N4O3/c1-12-31-18-8-19(33-2)20(35-11-15-10-29-3-4-34-15)7-16(18)22(32-12)30-9-13-5-14(24)6-17(21(13)25)23(26,27)28/h5-8,15,29H,3-4,9-11H2,1-2H3,(H,30,31,32)/t15-/m0/s1. The van der Waals surface area contributed by atoms with E-state index in [1.807, 2.05) is 0 Å². The highest BCUT2D eigenvalue weighted by Crippen LogP contribution is 2.36. The lowest BCUT2D eigenvalue weighted by atomic mass is 10.1. The van der Waals surface area contributed by atoms with Crippen molar-refractivity contribution in [1.29, 1.82) is 0 Å². The summed E-state index contributed by atoms with van der Waals surface area (Å²) < 4.78 is 84.4. The number of hydrogen-bond donors (Lipinski definition) is 2. The zero-order valence-corrected chi connectivity index (χ0v) is 18.9. The Labute approximate surface area is 197 Å². The van der Waals surface area contributed by atoms with E-state index in [1.54, 1.807) is 19.1 Å². The van der Waals surface area contributed by atoms with E-state index in [9.17, 15) is 22.0 Å². The maximum absolute atomic E-state index is 14.5. The molecule has 1 aliphatic heterocycles. The van der Waals surface area contributed by atoms with Crippen molar-refractivity contribution in [3.63, 3.8) is 0 Å². The van der Waals surface area contributed by atoms with Crippen molar-refractivity contribution < 1.29 is 36.2 Å². The van der Waals surface area contributed by atoms with E-state index in [4.69, 9.17) is 14.2 Å². The third kappa shape index (κ3) is 5.70. The highest BCUT2D eigenvalue weighted by atomic mass is 19.4. The number of alkyl halides is 3. The summed E-state index contributed by atoms with van der Waals surface area (Å²) >= 11 is 0. The second-order valence-electron chi connectivity index (χ2n) is 7.93. The highest BCUT2D eigenvalue weighted by molar-refractivity contribution is 5.91. The van der Waals surface area contributed by atoms with Crippen LogP contribution in [0.5, 0.6) is 11.5 Å². The molecule has 1 atom stereocenters. The molecule has 1 aromatic heterocycles. The Balaban J connectivity index is 1.64. The van der Waals surface area contributed by atoms with Crippen LogP contribution in [0.4, 0.5) is 27.8 Å². The normalized spacial score (nSPS) is 16.4. The Bertz CT molecular complexity index is 1220. The molecule has 0 saturated carbocycles. The minimum Gasteiger partial charge on any atom is -0.493 e. The zero-order valence-electron chi connectivity index (χ0n) is 18.9. The first-order valence-electron chi connectivity index (χ1n) is 10.8. The van der Waals surface area contributed by atoms with E-state index in [0.717, 1.165) is 6.54 Å². The number of methoxy groups -OCH3 is 1. The summed E-state index contributed by atoms with van der Waals surface area (Å²) in [5.74, 6) is -1.38. The van der Waals surface area contributed by atoms with Crippen LogP contribution in [0.15, 0.2) is 24.3 Å². The van der Waals surface area contributed by atoms with Crippen LogP contribution in [0.1, 0.15) is 17.0 Å². The van der Waals surface area contributed by atoms with Crippen LogP contribution in [0.2, 0.25) is 0 Å². The molecule has 35 heavy (non-hydrogen) atoms. The number of nitrogens with zero attached hydrogens (tertiary/aromatic N) is 2. The Morgan fingerprint density at radius 1 is 1.14 bits per heavy atom. The quantitative estimate of drug-likeness (QED) is 0.473. The van der Waals surface area contributed by atoms with Crippen LogP contribution in [-0.2, 0) is 17.5 Å². The summed E-state index contributed by atoms with van der Waals surface area (Å²) in [6.45, 7) is 3.39. The van der Waals surface area contributed by atoms with Crippen molar-refractivity contribution in [2.45, 2.75) is 25.7 Å². The minimum absolute atomic E-state index is 0.129. The number of nitrogens with one attached hydrogen (secondary N) is 2. The van der Waals surface area contributed by atoms with Gasteiger partial charge in [0.2, 0.25) is 0 Å². The molecule has 1 fully saturated rings. The summed E-state index contributed by atoms with van der Waals surface area (Å²) in [6, 6.07) is 4.10. The summed E-state index contributed by atoms with van der Waals surface area (Å²) in [5, 5.41) is 6.47. The molecule has 0 unspecified atom stereocenters. The number of morpholine rings is 1. The number of benzene rings is 2. The average molecular weight is 498 g/mol. The van der Waals surface area contributed by atoms with Crippen molar-refractivity contribution in [2.24, 2.45) is 0 Å². The molecular formula is C23H23F5N4O3. The van der Waals surface area contributed by atoms with Gasteiger partial charge in [-0.05, 0) is 25.1 Å². The molecule has 1 saturated heterocycles. The first-order chi connectivity index (χ1) is 16.7. The van der Waals surface area contributed by atoms with Gasteiger partial charge in [0.05, 0.1) is 24.8 Å². The number of fused-ring (bicyclic) bond motifs is 1. The third-order valence-electron chi connectivity index (χ3n) is 5.39. The molecule has 0 radical (unpaired) electrons. The summed E-state index contributed by atoms with van der Waals surface area (Å²) in [5.41, 5.74) is -1.69. The number of rotatable bonds is 7. The van der Waals surface area contributed by atoms with Gasteiger partial charge in [-0.15, -0.1) is 0 Å². The van der Waals surface area contributed by atoms with Gasteiger partial charge >= 0.3 is 6.18 Å². The fourth-order valence-corrected chi connectivity index (χ4v) is 3.73. The average Bonchev–Trinajstić information content (AvgIpc) is 2.82. The molecule has 7 nitrogen and oxygen atoms in total. The Hall–Kier alpha value is -3.25. The fourth-order valence-electron chi connectivity index (χ4n) is 3.73. The molecule has 12 heteroatoms. The van der Waals surface area contributed by atoms with E-state index in [1.165, 1.54) is 7.11 Å². The molecule has 188 valence electrons. The van der Waals surface area contributed by atoms with Crippen LogP contribution in [0.3, 0.4) is 0 Å². The van der Waals surface area contributed by atoms with Crippen LogP contribution >= 0.6 is 0 Å². The third-order valence-corrected chi connectivity index (χ3v) is 5.39. The number of halogens is 5. The second-order valence-corrected chi connectivity index (χ2v) is 7.93. The molecule has 0 amide bonds. The molecule has 2 heterocycles. The summed E-state index contributed by atoms with van der Waals surface area (Å²) in [4.78, 5) is 8.66. The van der Waals surface area contributed by atoms with Gasteiger partial charge in [-0.25, -0.2) is 18.7 Å². The highest BCUT2D eigenvalue weighted by Gasteiger charge is 2.35. The summed E-state index contributed by atoms with van der Waals surface area (Å²) in [6.07, 6.45) is -5.19. The summed E-state index contributed by atoms with van der Waals surface area (Å²) in [7, 11) is 1.48. The SMILES string of the molecule is COc1cc2nc(C)nc(NCc3cc(F)cc(C(F)(F)F)c3F)c2cc1OC[C@@H]1CNCCO1. The lowest BCUT2D eigenvalue weighted by Crippen LogP contribution is -2.41. The Morgan fingerprint density at radius 2 is 1.94 bits per heavy atom. The molecule has 0 aliphatic carbocycles. The monoisotopic (exact) mass is 498 g/mol. The smallest absolute Gasteiger partial charge is 0.419 e. The van der Waals surface area contributed by atoms with E-state index in [2.05, 4.69) is 20.6 Å². The number of hydrogen-bond acceptors (Lipinski definition) is 7.